The molecule has 4 rings (SSSR count). The summed E-state index contributed by atoms with van der Waals surface area (Å²) in [7, 11) is 0. The van der Waals surface area contributed by atoms with Crippen molar-refractivity contribution in [2.45, 2.75) is 19.4 Å². The van der Waals surface area contributed by atoms with Gasteiger partial charge >= 0.3 is 0 Å². The Bertz CT molecular complexity index is 942. The molecule has 0 atom stereocenters. The lowest BCUT2D eigenvalue weighted by Crippen LogP contribution is -2.16. The number of para-hydroxylation sites is 2. The molecule has 4 heteroatoms. The number of anilines is 1. The Morgan fingerprint density at radius 3 is 2.70 bits per heavy atom. The molecule has 1 aromatic heterocycles. The Hall–Kier alpha value is -2.46. The summed E-state index contributed by atoms with van der Waals surface area (Å²) in [6, 6.07) is 18.3. The molecule has 1 N–H and O–H groups in total. The van der Waals surface area contributed by atoms with Gasteiger partial charge in [0.15, 0.2) is 0 Å². The van der Waals surface area contributed by atoms with E-state index >= 15 is 0 Å². The van der Waals surface area contributed by atoms with Gasteiger partial charge in [0.05, 0.1) is 5.52 Å². The fourth-order valence-electron chi connectivity index (χ4n) is 3.00. The van der Waals surface area contributed by atoms with Crippen LogP contribution < -0.4 is 5.32 Å². The summed E-state index contributed by atoms with van der Waals surface area (Å²) in [5.41, 5.74) is 3.25. The second-order valence-corrected chi connectivity index (χ2v) is 6.08. The molecule has 0 spiro atoms. The van der Waals surface area contributed by atoms with Gasteiger partial charge in [0, 0.05) is 29.4 Å². The summed E-state index contributed by atoms with van der Waals surface area (Å²) in [5, 5.41) is 4.43. The SMILES string of the molecule is S=c1c2ccccc2nc2n1CCCC2=CNc1ccccc1. The summed E-state index contributed by atoms with van der Waals surface area (Å²) < 4.78 is 3.05. The summed E-state index contributed by atoms with van der Waals surface area (Å²) in [5.74, 6) is 0.989. The zero-order valence-electron chi connectivity index (χ0n) is 12.7. The number of allylic oxidation sites excluding steroid dienone is 1. The first-order chi connectivity index (χ1) is 11.3. The van der Waals surface area contributed by atoms with Crippen LogP contribution in [0.2, 0.25) is 0 Å². The number of aromatic nitrogens is 2. The van der Waals surface area contributed by atoms with Crippen molar-refractivity contribution in [1.29, 1.82) is 0 Å². The number of rotatable bonds is 2. The predicted molar refractivity (Wildman–Crippen MR) is 97.8 cm³/mol. The zero-order chi connectivity index (χ0) is 15.6. The molecule has 0 amide bonds. The highest BCUT2D eigenvalue weighted by Crippen LogP contribution is 2.28. The van der Waals surface area contributed by atoms with Crippen LogP contribution in [0, 0.1) is 4.64 Å². The minimum Gasteiger partial charge on any atom is -0.361 e. The zero-order valence-corrected chi connectivity index (χ0v) is 13.5. The van der Waals surface area contributed by atoms with Crippen molar-refractivity contribution in [3.8, 4) is 0 Å². The lowest BCUT2D eigenvalue weighted by atomic mass is 10.1. The average Bonchev–Trinajstić information content (AvgIpc) is 2.61. The molecule has 3 aromatic rings. The van der Waals surface area contributed by atoms with Crippen LogP contribution in [0.1, 0.15) is 18.7 Å². The molecule has 0 unspecified atom stereocenters. The summed E-state index contributed by atoms with van der Waals surface area (Å²) in [6.45, 7) is 0.939. The first-order valence-corrected chi connectivity index (χ1v) is 8.24. The van der Waals surface area contributed by atoms with Gasteiger partial charge in [-0.15, -0.1) is 0 Å². The molecule has 0 bridgehead atoms. The summed E-state index contributed by atoms with van der Waals surface area (Å²) in [4.78, 5) is 4.86. The lowest BCUT2D eigenvalue weighted by molar-refractivity contribution is 0.595. The van der Waals surface area contributed by atoms with Crippen molar-refractivity contribution >= 4 is 34.4 Å². The quantitative estimate of drug-likeness (QED) is 0.673. The number of nitrogens with zero attached hydrogens (tertiary/aromatic N) is 2. The highest BCUT2D eigenvalue weighted by atomic mass is 32.1. The molecule has 2 aromatic carbocycles. The predicted octanol–water partition coefficient (Wildman–Crippen LogP) is 5.01. The molecule has 0 aliphatic carbocycles. The van der Waals surface area contributed by atoms with E-state index in [-0.39, 0.29) is 0 Å². The van der Waals surface area contributed by atoms with Crippen LogP contribution in [-0.2, 0) is 6.54 Å². The molecule has 23 heavy (non-hydrogen) atoms. The smallest absolute Gasteiger partial charge is 0.139 e. The Morgan fingerprint density at radius 2 is 1.83 bits per heavy atom. The molecule has 0 fully saturated rings. The van der Waals surface area contributed by atoms with Gasteiger partial charge in [-0.25, -0.2) is 4.98 Å². The molecule has 2 heterocycles. The summed E-state index contributed by atoms with van der Waals surface area (Å²) >= 11 is 5.69. The largest absolute Gasteiger partial charge is 0.361 e. The maximum absolute atomic E-state index is 5.69. The van der Waals surface area contributed by atoms with E-state index < -0.39 is 0 Å². The topological polar surface area (TPSA) is 29.9 Å². The average molecular weight is 319 g/mol. The summed E-state index contributed by atoms with van der Waals surface area (Å²) in [6.07, 6.45) is 4.17. The molecule has 1 aliphatic rings. The minimum absolute atomic E-state index is 0.885. The molecule has 3 nitrogen and oxygen atoms in total. The van der Waals surface area contributed by atoms with Crippen molar-refractivity contribution in [3.63, 3.8) is 0 Å². The van der Waals surface area contributed by atoms with Gasteiger partial charge < -0.3 is 9.88 Å². The van der Waals surface area contributed by atoms with Gasteiger partial charge in [0.25, 0.3) is 0 Å². The normalized spacial score (nSPS) is 15.6. The fraction of sp³-hybridized carbons (Fsp3) is 0.158. The standard InChI is InChI=1S/C19H17N3S/c23-19-16-10-4-5-11-17(16)21-18-14(7-6-12-22(18)19)13-20-15-8-2-1-3-9-15/h1-5,8-11,13,20H,6-7,12H2. The number of hydrogen-bond donors (Lipinski definition) is 1. The van der Waals surface area contributed by atoms with Gasteiger partial charge in [-0.1, -0.05) is 42.5 Å². The van der Waals surface area contributed by atoms with Crippen molar-refractivity contribution in [2.75, 3.05) is 5.32 Å². The fourth-order valence-corrected chi connectivity index (χ4v) is 3.35. The van der Waals surface area contributed by atoms with Crippen molar-refractivity contribution in [2.24, 2.45) is 0 Å². The molecule has 0 saturated carbocycles. The molecule has 0 radical (unpaired) electrons. The van der Waals surface area contributed by atoms with E-state index in [1.807, 2.05) is 36.4 Å². The second kappa shape index (κ2) is 5.97. The van der Waals surface area contributed by atoms with E-state index in [4.69, 9.17) is 17.2 Å². The monoisotopic (exact) mass is 319 g/mol. The van der Waals surface area contributed by atoms with E-state index in [9.17, 15) is 0 Å². The maximum Gasteiger partial charge on any atom is 0.139 e. The van der Waals surface area contributed by atoms with Gasteiger partial charge in [0.2, 0.25) is 0 Å². The van der Waals surface area contributed by atoms with Crippen LogP contribution in [0.25, 0.3) is 16.5 Å². The first kappa shape index (κ1) is 14.2. The Kier molecular flexibility index (Phi) is 3.67. The van der Waals surface area contributed by atoms with Crippen LogP contribution in [-0.4, -0.2) is 9.55 Å². The number of fused-ring (bicyclic) bond motifs is 2. The van der Waals surface area contributed by atoms with Gasteiger partial charge in [-0.3, -0.25) is 0 Å². The number of benzene rings is 2. The van der Waals surface area contributed by atoms with Crippen LogP contribution >= 0.6 is 12.2 Å². The van der Waals surface area contributed by atoms with Crippen molar-refractivity contribution in [1.82, 2.24) is 9.55 Å². The van der Waals surface area contributed by atoms with Crippen LogP contribution in [0.5, 0.6) is 0 Å². The molecule has 114 valence electrons. The molecular formula is C19H17N3S. The lowest BCUT2D eigenvalue weighted by Gasteiger charge is -2.22. The molecular weight excluding hydrogens is 302 g/mol. The molecule has 1 aliphatic heterocycles. The van der Waals surface area contributed by atoms with Crippen molar-refractivity contribution < 1.29 is 0 Å². The third kappa shape index (κ3) is 2.66. The van der Waals surface area contributed by atoms with Gasteiger partial charge in [-0.05, 0) is 37.1 Å². The van der Waals surface area contributed by atoms with E-state index in [0.717, 1.165) is 46.4 Å². The van der Waals surface area contributed by atoms with Crippen LogP contribution in [0.15, 0.2) is 60.8 Å². The maximum atomic E-state index is 5.69. The van der Waals surface area contributed by atoms with Crippen LogP contribution in [0.4, 0.5) is 5.69 Å². The third-order valence-corrected chi connectivity index (χ3v) is 4.60. The van der Waals surface area contributed by atoms with Gasteiger partial charge in [-0.2, -0.15) is 0 Å². The number of nitrogens with one attached hydrogen (secondary N) is 1. The third-order valence-electron chi connectivity index (χ3n) is 4.16. The van der Waals surface area contributed by atoms with Crippen molar-refractivity contribution in [3.05, 3.63) is 71.3 Å². The van der Waals surface area contributed by atoms with E-state index in [2.05, 4.69) is 34.3 Å². The molecule has 0 saturated heterocycles. The first-order valence-electron chi connectivity index (χ1n) is 7.83. The van der Waals surface area contributed by atoms with E-state index in [0.29, 0.717) is 0 Å². The number of hydrogen-bond acceptors (Lipinski definition) is 3. The highest BCUT2D eigenvalue weighted by Gasteiger charge is 2.17. The van der Waals surface area contributed by atoms with Gasteiger partial charge in [0.1, 0.15) is 10.5 Å². The Labute approximate surface area is 140 Å². The minimum atomic E-state index is 0.885. The van der Waals surface area contributed by atoms with E-state index in [1.54, 1.807) is 0 Å². The van der Waals surface area contributed by atoms with Crippen LogP contribution in [0.3, 0.4) is 0 Å². The second-order valence-electron chi connectivity index (χ2n) is 5.69. The Morgan fingerprint density at radius 1 is 1.04 bits per heavy atom. The van der Waals surface area contributed by atoms with E-state index in [1.165, 1.54) is 5.57 Å². The highest BCUT2D eigenvalue weighted by molar-refractivity contribution is 7.71. The Balaban J connectivity index is 1.80.